The van der Waals surface area contributed by atoms with E-state index in [9.17, 15) is 4.79 Å². The van der Waals surface area contributed by atoms with Gasteiger partial charge in [-0.05, 0) is 27.7 Å². The summed E-state index contributed by atoms with van der Waals surface area (Å²) in [6, 6.07) is 0. The van der Waals surface area contributed by atoms with Crippen molar-refractivity contribution < 1.29 is 14.8 Å². The largest absolute Gasteiger partial charge is 0.456 e. The first-order valence-electron chi connectivity index (χ1n) is 6.15. The minimum absolute atomic E-state index is 0.179. The van der Waals surface area contributed by atoms with Crippen LogP contribution in [0.1, 0.15) is 40.5 Å². The molecule has 1 fully saturated rings. The van der Waals surface area contributed by atoms with Crippen molar-refractivity contribution in [1.82, 2.24) is 0 Å². The Balaban J connectivity index is 2.59. The second kappa shape index (κ2) is 5.48. The monoisotopic (exact) mass is 226 g/mol. The minimum Gasteiger partial charge on any atom is -0.456 e. The Labute approximate surface area is 98.2 Å². The Morgan fingerprint density at radius 3 is 2.44 bits per heavy atom. The predicted molar refractivity (Wildman–Crippen MR) is 64.0 cm³/mol. The van der Waals surface area contributed by atoms with Crippen LogP contribution in [0.4, 0.5) is 0 Å². The molecule has 0 aromatic heterocycles. The standard InChI is InChI=1S/C13H23NO2/c1-5-10(2)12(15)16-13(3,4)11-6-8-14-9-7-11/h5,11,14H,6-9H2,1-4H3/p+1/b10-5+. The summed E-state index contributed by atoms with van der Waals surface area (Å²) in [5.74, 6) is 0.313. The SMILES string of the molecule is C/C=C(\C)C(=O)OC(C)(C)C1CC[NH2+]CC1. The zero-order valence-electron chi connectivity index (χ0n) is 10.9. The molecule has 1 aliphatic heterocycles. The van der Waals surface area contributed by atoms with Crippen LogP contribution in [0.15, 0.2) is 11.6 Å². The predicted octanol–water partition coefficient (Wildman–Crippen LogP) is 1.25. The Kier molecular flexibility index (Phi) is 4.54. The number of hydrogen-bond donors (Lipinski definition) is 1. The lowest BCUT2D eigenvalue weighted by molar-refractivity contribution is -0.665. The number of rotatable bonds is 3. The minimum atomic E-state index is -0.338. The molecule has 0 aromatic carbocycles. The molecule has 3 heteroatoms. The highest BCUT2D eigenvalue weighted by atomic mass is 16.6. The molecule has 0 bridgehead atoms. The smallest absolute Gasteiger partial charge is 0.333 e. The Morgan fingerprint density at radius 2 is 1.94 bits per heavy atom. The third-order valence-corrected chi connectivity index (χ3v) is 3.53. The van der Waals surface area contributed by atoms with Crippen LogP contribution in [0.5, 0.6) is 0 Å². The van der Waals surface area contributed by atoms with E-state index in [4.69, 9.17) is 4.74 Å². The molecule has 2 N–H and O–H groups in total. The maximum absolute atomic E-state index is 11.7. The van der Waals surface area contributed by atoms with Gasteiger partial charge in [-0.25, -0.2) is 4.79 Å². The fourth-order valence-corrected chi connectivity index (χ4v) is 2.14. The molecule has 3 nitrogen and oxygen atoms in total. The van der Waals surface area contributed by atoms with Crippen molar-refractivity contribution >= 4 is 5.97 Å². The van der Waals surface area contributed by atoms with Crippen molar-refractivity contribution in [3.63, 3.8) is 0 Å². The second-order valence-corrected chi connectivity index (χ2v) is 5.10. The Bertz CT molecular complexity index is 276. The summed E-state index contributed by atoms with van der Waals surface area (Å²) in [5, 5.41) is 2.32. The van der Waals surface area contributed by atoms with Gasteiger partial charge in [-0.2, -0.15) is 0 Å². The zero-order valence-corrected chi connectivity index (χ0v) is 10.9. The number of quaternary nitrogens is 1. The molecule has 0 spiro atoms. The van der Waals surface area contributed by atoms with E-state index in [0.717, 1.165) is 25.9 Å². The van der Waals surface area contributed by atoms with Crippen LogP contribution in [-0.4, -0.2) is 24.7 Å². The van der Waals surface area contributed by atoms with Gasteiger partial charge >= 0.3 is 5.97 Å². The first-order chi connectivity index (χ1) is 7.47. The van der Waals surface area contributed by atoms with E-state index in [0.29, 0.717) is 11.5 Å². The molecule has 0 amide bonds. The van der Waals surface area contributed by atoms with Crippen LogP contribution in [0.3, 0.4) is 0 Å². The van der Waals surface area contributed by atoms with Gasteiger partial charge in [-0.3, -0.25) is 0 Å². The summed E-state index contributed by atoms with van der Waals surface area (Å²) in [7, 11) is 0. The van der Waals surface area contributed by atoms with Gasteiger partial charge in [0, 0.05) is 24.3 Å². The molecular formula is C13H24NO2+. The molecule has 0 radical (unpaired) electrons. The summed E-state index contributed by atoms with van der Waals surface area (Å²) >= 11 is 0. The van der Waals surface area contributed by atoms with Crippen molar-refractivity contribution in [1.29, 1.82) is 0 Å². The number of esters is 1. The van der Waals surface area contributed by atoms with Gasteiger partial charge in [-0.15, -0.1) is 0 Å². The van der Waals surface area contributed by atoms with Gasteiger partial charge in [0.1, 0.15) is 5.60 Å². The van der Waals surface area contributed by atoms with E-state index < -0.39 is 0 Å². The van der Waals surface area contributed by atoms with Crippen molar-refractivity contribution in [3.8, 4) is 0 Å². The number of allylic oxidation sites excluding steroid dienone is 1. The van der Waals surface area contributed by atoms with Crippen molar-refractivity contribution in [3.05, 3.63) is 11.6 Å². The molecule has 0 unspecified atom stereocenters. The molecule has 0 aromatic rings. The number of nitrogens with two attached hydrogens (primary N) is 1. The lowest BCUT2D eigenvalue weighted by atomic mass is 9.83. The lowest BCUT2D eigenvalue weighted by Gasteiger charge is -2.35. The van der Waals surface area contributed by atoms with Crippen molar-refractivity contribution in [2.75, 3.05) is 13.1 Å². The third-order valence-electron chi connectivity index (χ3n) is 3.53. The molecule has 0 atom stereocenters. The molecule has 1 rings (SSSR count). The zero-order chi connectivity index (χ0) is 12.2. The van der Waals surface area contributed by atoms with Crippen molar-refractivity contribution in [2.24, 2.45) is 5.92 Å². The fourth-order valence-electron chi connectivity index (χ4n) is 2.14. The first kappa shape index (κ1) is 13.2. The summed E-state index contributed by atoms with van der Waals surface area (Å²) in [5.41, 5.74) is 0.353. The van der Waals surface area contributed by atoms with Gasteiger partial charge in [0.2, 0.25) is 0 Å². The van der Waals surface area contributed by atoms with E-state index >= 15 is 0 Å². The summed E-state index contributed by atoms with van der Waals surface area (Å²) in [6.07, 6.45) is 4.07. The van der Waals surface area contributed by atoms with E-state index in [2.05, 4.69) is 5.32 Å². The van der Waals surface area contributed by atoms with Crippen LogP contribution in [-0.2, 0) is 9.53 Å². The van der Waals surface area contributed by atoms with Gasteiger partial charge < -0.3 is 10.1 Å². The normalized spacial score (nSPS) is 19.6. The topological polar surface area (TPSA) is 42.9 Å². The summed E-state index contributed by atoms with van der Waals surface area (Å²) in [6.45, 7) is 10.0. The van der Waals surface area contributed by atoms with Crippen molar-refractivity contribution in [2.45, 2.75) is 46.1 Å². The molecule has 1 heterocycles. The number of ether oxygens (including phenoxy) is 1. The third kappa shape index (κ3) is 3.34. The first-order valence-corrected chi connectivity index (χ1v) is 6.15. The van der Waals surface area contributed by atoms with E-state index in [1.54, 1.807) is 13.0 Å². The quantitative estimate of drug-likeness (QED) is 0.581. The summed E-state index contributed by atoms with van der Waals surface area (Å²) in [4.78, 5) is 11.7. The maximum Gasteiger partial charge on any atom is 0.333 e. The number of carbonyl (C=O) groups excluding carboxylic acids is 1. The van der Waals surface area contributed by atoms with E-state index in [1.807, 2.05) is 20.8 Å². The molecular weight excluding hydrogens is 202 g/mol. The van der Waals surface area contributed by atoms with Crippen LogP contribution in [0.25, 0.3) is 0 Å². The van der Waals surface area contributed by atoms with Crippen LogP contribution >= 0.6 is 0 Å². The highest BCUT2D eigenvalue weighted by Gasteiger charge is 2.35. The molecule has 0 saturated carbocycles. The van der Waals surface area contributed by atoms with Gasteiger partial charge in [-0.1, -0.05) is 6.08 Å². The number of carbonyl (C=O) groups is 1. The average Bonchev–Trinajstić information content (AvgIpc) is 2.28. The highest BCUT2D eigenvalue weighted by Crippen LogP contribution is 2.28. The maximum atomic E-state index is 11.7. The molecule has 16 heavy (non-hydrogen) atoms. The van der Waals surface area contributed by atoms with Gasteiger partial charge in [0.15, 0.2) is 0 Å². The second-order valence-electron chi connectivity index (χ2n) is 5.10. The molecule has 1 saturated heterocycles. The Hall–Kier alpha value is -0.830. The van der Waals surface area contributed by atoms with Gasteiger partial charge in [0.05, 0.1) is 13.1 Å². The molecule has 1 aliphatic rings. The fraction of sp³-hybridized carbons (Fsp3) is 0.769. The molecule has 0 aliphatic carbocycles. The number of piperidine rings is 1. The lowest BCUT2D eigenvalue weighted by Crippen LogP contribution is -2.86. The number of hydrogen-bond acceptors (Lipinski definition) is 2. The van der Waals surface area contributed by atoms with E-state index in [1.165, 1.54) is 0 Å². The molecule has 92 valence electrons. The highest BCUT2D eigenvalue weighted by molar-refractivity contribution is 5.87. The van der Waals surface area contributed by atoms with Crippen LogP contribution in [0, 0.1) is 5.92 Å². The van der Waals surface area contributed by atoms with E-state index in [-0.39, 0.29) is 11.6 Å². The average molecular weight is 226 g/mol. The van der Waals surface area contributed by atoms with Gasteiger partial charge in [0.25, 0.3) is 0 Å². The van der Waals surface area contributed by atoms with Crippen LogP contribution in [0.2, 0.25) is 0 Å². The van der Waals surface area contributed by atoms with Crippen LogP contribution < -0.4 is 5.32 Å². The Morgan fingerprint density at radius 1 is 1.38 bits per heavy atom. The summed E-state index contributed by atoms with van der Waals surface area (Å²) < 4.78 is 5.61.